The number of pyridine rings is 1. The molecule has 1 aromatic heterocycles. The van der Waals surface area contributed by atoms with Crippen LogP contribution >= 0.6 is 0 Å². The van der Waals surface area contributed by atoms with Gasteiger partial charge in [-0.3, -0.25) is 4.98 Å². The highest BCUT2D eigenvalue weighted by Gasteiger charge is 2.47. The molecule has 3 aliphatic heterocycles. The van der Waals surface area contributed by atoms with E-state index in [2.05, 4.69) is 11.9 Å². The second-order valence-corrected chi connectivity index (χ2v) is 5.60. The van der Waals surface area contributed by atoms with Crippen molar-refractivity contribution in [2.24, 2.45) is 5.41 Å². The number of aromatic nitrogens is 1. The Hall–Kier alpha value is -0.905. The highest BCUT2D eigenvalue weighted by Crippen LogP contribution is 2.34. The zero-order chi connectivity index (χ0) is 12.1. The Morgan fingerprint density at radius 3 is 2.24 bits per heavy atom. The number of hydrogen-bond donors (Lipinski definition) is 0. The third-order valence-electron chi connectivity index (χ3n) is 3.43. The van der Waals surface area contributed by atoms with Crippen LogP contribution in [0.15, 0.2) is 12.1 Å². The third-order valence-corrected chi connectivity index (χ3v) is 3.43. The topological polar surface area (TPSA) is 40.6 Å². The maximum Gasteiger partial charge on any atom is 0.427 e. The van der Waals surface area contributed by atoms with E-state index in [-0.39, 0.29) is 5.41 Å². The van der Waals surface area contributed by atoms with Crippen LogP contribution < -0.4 is 5.59 Å². The van der Waals surface area contributed by atoms with E-state index >= 15 is 0 Å². The van der Waals surface area contributed by atoms with Crippen molar-refractivity contribution in [1.29, 1.82) is 0 Å². The van der Waals surface area contributed by atoms with E-state index in [0.717, 1.165) is 16.9 Å². The summed E-state index contributed by atoms with van der Waals surface area (Å²) in [5.74, 6) is 0. The minimum atomic E-state index is -1.80. The Morgan fingerprint density at radius 1 is 1.12 bits per heavy atom. The fraction of sp³-hybridized carbons (Fsp3) is 0.583. The molecule has 3 aliphatic rings. The average molecular weight is 234 g/mol. The summed E-state index contributed by atoms with van der Waals surface area (Å²) >= 11 is 0. The first-order valence-corrected chi connectivity index (χ1v) is 6.02. The van der Waals surface area contributed by atoms with Gasteiger partial charge in [-0.2, -0.15) is 0 Å². The van der Waals surface area contributed by atoms with E-state index < -0.39 is 6.75 Å². The lowest BCUT2D eigenvalue weighted by molar-refractivity contribution is -0.119. The monoisotopic (exact) mass is 234 g/mol. The van der Waals surface area contributed by atoms with Crippen LogP contribution in [0, 0.1) is 19.3 Å². The smallest absolute Gasteiger partial charge is 0.427 e. The number of aryl methyl sites for hydroxylation is 2. The lowest BCUT2D eigenvalue weighted by atomic mass is 9.67. The molecule has 0 aromatic carbocycles. The lowest BCUT2D eigenvalue weighted by Gasteiger charge is -2.57. The molecule has 0 amide bonds. The van der Waals surface area contributed by atoms with E-state index in [1.807, 2.05) is 26.0 Å². The van der Waals surface area contributed by atoms with Crippen LogP contribution in [0.5, 0.6) is 0 Å². The van der Waals surface area contributed by atoms with Crippen molar-refractivity contribution < 1.29 is 14.0 Å². The molecule has 3 saturated heterocycles. The Morgan fingerprint density at radius 2 is 1.71 bits per heavy atom. The fourth-order valence-electron chi connectivity index (χ4n) is 2.51. The average Bonchev–Trinajstić information content (AvgIpc) is 2.29. The minimum Gasteiger partial charge on any atom is -0.539 e. The molecule has 0 atom stereocenters. The molecule has 0 unspecified atom stereocenters. The van der Waals surface area contributed by atoms with E-state index in [0.29, 0.717) is 19.8 Å². The van der Waals surface area contributed by atoms with Gasteiger partial charge >= 0.3 is 6.75 Å². The highest BCUT2D eigenvalue weighted by atomic mass is 16.8. The molecule has 0 spiro atoms. The molecule has 5 heteroatoms. The molecule has 4 nitrogen and oxygen atoms in total. The van der Waals surface area contributed by atoms with E-state index in [4.69, 9.17) is 14.0 Å². The third kappa shape index (κ3) is 1.78. The Balaban J connectivity index is 1.98. The SMILES string of the molecule is Cc1cc(C)nc([B-]23OCC(C)(CO2)CO3)c1. The van der Waals surface area contributed by atoms with Crippen molar-refractivity contribution in [3.63, 3.8) is 0 Å². The minimum absolute atomic E-state index is 0.00235. The molecule has 0 radical (unpaired) electrons. The van der Waals surface area contributed by atoms with Gasteiger partial charge in [0.25, 0.3) is 0 Å². The summed E-state index contributed by atoms with van der Waals surface area (Å²) in [5.41, 5.74) is 2.90. The summed E-state index contributed by atoms with van der Waals surface area (Å²) in [4.78, 5) is 4.50. The number of hydrogen-bond acceptors (Lipinski definition) is 4. The highest BCUT2D eigenvalue weighted by molar-refractivity contribution is 6.75. The van der Waals surface area contributed by atoms with Gasteiger partial charge in [-0.15, -0.1) is 0 Å². The molecule has 17 heavy (non-hydrogen) atoms. The largest absolute Gasteiger partial charge is 0.539 e. The summed E-state index contributed by atoms with van der Waals surface area (Å²) in [6.07, 6.45) is 0. The van der Waals surface area contributed by atoms with Gasteiger partial charge in [-0.1, -0.05) is 18.6 Å². The Kier molecular flexibility index (Phi) is 2.33. The van der Waals surface area contributed by atoms with Gasteiger partial charge in [0.05, 0.1) is 0 Å². The molecule has 4 rings (SSSR count). The van der Waals surface area contributed by atoms with Crippen LogP contribution in [0.25, 0.3) is 0 Å². The lowest BCUT2D eigenvalue weighted by Crippen LogP contribution is -2.69. The van der Waals surface area contributed by atoms with Crippen LogP contribution in [0.3, 0.4) is 0 Å². The second-order valence-electron chi connectivity index (χ2n) is 5.60. The van der Waals surface area contributed by atoms with Gasteiger partial charge < -0.3 is 14.0 Å². The molecule has 3 fully saturated rings. The molecule has 0 aliphatic carbocycles. The molecule has 4 heterocycles. The normalized spacial score (nSPS) is 36.2. The Labute approximate surface area is 101 Å². The van der Waals surface area contributed by atoms with Crippen LogP contribution in [0.1, 0.15) is 18.2 Å². The van der Waals surface area contributed by atoms with Gasteiger partial charge in [-0.25, -0.2) is 0 Å². The summed E-state index contributed by atoms with van der Waals surface area (Å²) in [7, 11) is 0. The first-order valence-electron chi connectivity index (χ1n) is 6.02. The zero-order valence-corrected chi connectivity index (χ0v) is 10.5. The summed E-state index contributed by atoms with van der Waals surface area (Å²) < 4.78 is 17.5. The van der Waals surface area contributed by atoms with Gasteiger partial charge in [0, 0.05) is 30.9 Å². The summed E-state index contributed by atoms with van der Waals surface area (Å²) in [5, 5.41) is 0. The number of rotatable bonds is 1. The fourth-order valence-corrected chi connectivity index (χ4v) is 2.51. The van der Waals surface area contributed by atoms with Crippen LogP contribution in [-0.2, 0) is 14.0 Å². The van der Waals surface area contributed by atoms with Crippen molar-refractivity contribution in [1.82, 2.24) is 4.98 Å². The van der Waals surface area contributed by atoms with Crippen LogP contribution in [-0.4, -0.2) is 31.6 Å². The van der Waals surface area contributed by atoms with E-state index in [9.17, 15) is 0 Å². The maximum absolute atomic E-state index is 5.82. The summed E-state index contributed by atoms with van der Waals surface area (Å²) in [6, 6.07) is 4.02. The second kappa shape index (κ2) is 3.54. The molecular formula is C12H17BNO3-. The maximum atomic E-state index is 5.82. The molecular weight excluding hydrogens is 217 g/mol. The van der Waals surface area contributed by atoms with Crippen molar-refractivity contribution in [2.45, 2.75) is 20.8 Å². The number of fused-ring (bicyclic) bond motifs is 3. The van der Waals surface area contributed by atoms with Gasteiger partial charge in [-0.05, 0) is 25.5 Å². The van der Waals surface area contributed by atoms with Crippen molar-refractivity contribution in [3.8, 4) is 0 Å². The molecule has 92 valence electrons. The first kappa shape index (κ1) is 11.2. The summed E-state index contributed by atoms with van der Waals surface area (Å²) in [6.45, 7) is 6.37. The van der Waals surface area contributed by atoms with Gasteiger partial charge in [0.1, 0.15) is 0 Å². The van der Waals surface area contributed by atoms with Crippen molar-refractivity contribution in [3.05, 3.63) is 23.4 Å². The Bertz CT molecular complexity index is 418. The predicted molar refractivity (Wildman–Crippen MR) is 65.1 cm³/mol. The van der Waals surface area contributed by atoms with Crippen molar-refractivity contribution in [2.75, 3.05) is 19.8 Å². The first-order chi connectivity index (χ1) is 8.01. The van der Waals surface area contributed by atoms with Crippen molar-refractivity contribution >= 4 is 12.3 Å². The predicted octanol–water partition coefficient (Wildman–Crippen LogP) is 0.928. The van der Waals surface area contributed by atoms with E-state index in [1.54, 1.807) is 0 Å². The quantitative estimate of drug-likeness (QED) is 0.677. The molecule has 2 bridgehead atoms. The van der Waals surface area contributed by atoms with Crippen LogP contribution in [0.2, 0.25) is 0 Å². The zero-order valence-electron chi connectivity index (χ0n) is 10.5. The standard InChI is InChI=1S/C12H17BNO3/c1-9-4-10(2)14-11(5-9)13-15-6-12(3,7-16-13)8-17-13/h4-5H,6-8H2,1-3H3/q-1. The molecule has 1 aromatic rings. The molecule has 0 saturated carbocycles. The van der Waals surface area contributed by atoms with Gasteiger partial charge in [0.2, 0.25) is 0 Å². The number of nitrogens with zero attached hydrogens (tertiary/aromatic N) is 1. The van der Waals surface area contributed by atoms with Crippen LogP contribution in [0.4, 0.5) is 0 Å². The van der Waals surface area contributed by atoms with E-state index in [1.165, 1.54) is 0 Å². The van der Waals surface area contributed by atoms with Gasteiger partial charge in [0.15, 0.2) is 0 Å². The molecule has 0 N–H and O–H groups in total.